The minimum Gasteiger partial charge on any atom is -0.378 e. The van der Waals surface area contributed by atoms with Gasteiger partial charge in [0.25, 0.3) is 5.91 Å². The molecule has 0 unspecified atom stereocenters. The molecule has 1 spiro atoms. The van der Waals surface area contributed by atoms with Crippen molar-refractivity contribution in [3.63, 3.8) is 0 Å². The summed E-state index contributed by atoms with van der Waals surface area (Å²) >= 11 is 0. The number of hydrogen-bond acceptors (Lipinski definition) is 4. The van der Waals surface area contributed by atoms with Gasteiger partial charge in [0.05, 0.1) is 11.8 Å². The Morgan fingerprint density at radius 1 is 1.44 bits per heavy atom. The highest BCUT2D eigenvalue weighted by molar-refractivity contribution is 5.96. The Labute approximate surface area is 147 Å². The minimum absolute atomic E-state index is 0.00821. The average Bonchev–Trinajstić information content (AvgIpc) is 3.06. The van der Waals surface area contributed by atoms with E-state index >= 15 is 0 Å². The molecule has 2 aromatic rings. The molecule has 6 heteroatoms. The second-order valence-electron chi connectivity index (χ2n) is 7.13. The van der Waals surface area contributed by atoms with Crippen molar-refractivity contribution in [3.05, 3.63) is 42.0 Å². The summed E-state index contributed by atoms with van der Waals surface area (Å²) in [5, 5.41) is 7.38. The standard InChI is InChI=1S/C19H24N4O2/c1-3-25-17-10-16(19(17)7-4-8-19)22-18(24)15-6-5-14(9-13(15)2)23-12-20-11-21-23/h5-6,9,11-12,16-17H,3-4,7-8,10H2,1-2H3,(H,22,24)/t16-,17+/m0/s1. The fraction of sp³-hybridized carbons (Fsp3) is 0.526. The number of benzene rings is 1. The molecule has 2 atom stereocenters. The van der Waals surface area contributed by atoms with Crippen LogP contribution in [0.25, 0.3) is 5.69 Å². The fourth-order valence-corrected chi connectivity index (χ4v) is 4.26. The maximum atomic E-state index is 12.8. The smallest absolute Gasteiger partial charge is 0.251 e. The maximum absolute atomic E-state index is 12.8. The number of hydrogen-bond donors (Lipinski definition) is 1. The summed E-state index contributed by atoms with van der Waals surface area (Å²) in [7, 11) is 0. The first-order valence-corrected chi connectivity index (χ1v) is 9.02. The van der Waals surface area contributed by atoms with Crippen molar-refractivity contribution in [2.75, 3.05) is 6.61 Å². The molecule has 2 aliphatic carbocycles. The number of aryl methyl sites for hydroxylation is 1. The highest BCUT2D eigenvalue weighted by atomic mass is 16.5. The molecule has 1 amide bonds. The molecule has 1 heterocycles. The third-order valence-corrected chi connectivity index (χ3v) is 5.88. The van der Waals surface area contributed by atoms with Crippen LogP contribution in [0.5, 0.6) is 0 Å². The largest absolute Gasteiger partial charge is 0.378 e. The van der Waals surface area contributed by atoms with Gasteiger partial charge in [0.15, 0.2) is 0 Å². The van der Waals surface area contributed by atoms with Crippen LogP contribution in [0, 0.1) is 12.3 Å². The van der Waals surface area contributed by atoms with Gasteiger partial charge in [-0.2, -0.15) is 5.10 Å². The minimum atomic E-state index is 0.00821. The Bertz CT molecular complexity index is 768. The van der Waals surface area contributed by atoms with Crippen molar-refractivity contribution in [2.45, 2.75) is 51.7 Å². The lowest BCUT2D eigenvalue weighted by atomic mass is 9.51. The molecule has 4 rings (SSSR count). The lowest BCUT2D eigenvalue weighted by Gasteiger charge is -2.61. The van der Waals surface area contributed by atoms with Crippen molar-refractivity contribution in [2.24, 2.45) is 5.41 Å². The summed E-state index contributed by atoms with van der Waals surface area (Å²) in [5.41, 5.74) is 2.74. The van der Waals surface area contributed by atoms with Crippen molar-refractivity contribution in [1.29, 1.82) is 0 Å². The quantitative estimate of drug-likeness (QED) is 0.908. The van der Waals surface area contributed by atoms with Crippen molar-refractivity contribution < 1.29 is 9.53 Å². The van der Waals surface area contributed by atoms with E-state index in [0.29, 0.717) is 6.10 Å². The lowest BCUT2D eigenvalue weighted by molar-refractivity contribution is -0.169. The highest BCUT2D eigenvalue weighted by Crippen LogP contribution is 2.57. The van der Waals surface area contributed by atoms with E-state index in [0.717, 1.165) is 42.7 Å². The second kappa shape index (κ2) is 6.26. The van der Waals surface area contributed by atoms with Gasteiger partial charge < -0.3 is 10.1 Å². The molecule has 2 fully saturated rings. The third kappa shape index (κ3) is 2.65. The van der Waals surface area contributed by atoms with Crippen LogP contribution in [0.2, 0.25) is 0 Å². The van der Waals surface area contributed by atoms with Crippen LogP contribution < -0.4 is 5.32 Å². The topological polar surface area (TPSA) is 69.0 Å². The molecule has 25 heavy (non-hydrogen) atoms. The van der Waals surface area contributed by atoms with Crippen molar-refractivity contribution in [3.8, 4) is 5.69 Å². The van der Waals surface area contributed by atoms with E-state index in [-0.39, 0.29) is 17.4 Å². The van der Waals surface area contributed by atoms with Crippen molar-refractivity contribution in [1.82, 2.24) is 20.1 Å². The van der Waals surface area contributed by atoms with Gasteiger partial charge in [0.1, 0.15) is 12.7 Å². The van der Waals surface area contributed by atoms with Crippen molar-refractivity contribution >= 4 is 5.91 Å². The van der Waals surface area contributed by atoms with Gasteiger partial charge in [-0.3, -0.25) is 4.79 Å². The van der Waals surface area contributed by atoms with E-state index in [4.69, 9.17) is 4.74 Å². The summed E-state index contributed by atoms with van der Waals surface area (Å²) < 4.78 is 7.56. The van der Waals surface area contributed by atoms with E-state index in [1.54, 1.807) is 11.0 Å². The number of nitrogens with one attached hydrogen (secondary N) is 1. The molecule has 2 aliphatic rings. The first kappa shape index (κ1) is 16.3. The molecular weight excluding hydrogens is 316 g/mol. The first-order valence-electron chi connectivity index (χ1n) is 9.02. The summed E-state index contributed by atoms with van der Waals surface area (Å²) in [6.45, 7) is 4.74. The van der Waals surface area contributed by atoms with Crippen LogP contribution in [-0.4, -0.2) is 39.4 Å². The molecule has 0 bridgehead atoms. The summed E-state index contributed by atoms with van der Waals surface area (Å²) in [6, 6.07) is 5.97. The zero-order valence-corrected chi connectivity index (χ0v) is 14.7. The molecule has 1 aromatic heterocycles. The van der Waals surface area contributed by atoms with E-state index in [1.807, 2.05) is 32.0 Å². The zero-order valence-electron chi connectivity index (χ0n) is 14.7. The Balaban J connectivity index is 1.47. The van der Waals surface area contributed by atoms with Gasteiger partial charge in [0.2, 0.25) is 0 Å². The van der Waals surface area contributed by atoms with Crippen LogP contribution in [0.3, 0.4) is 0 Å². The summed E-state index contributed by atoms with van der Waals surface area (Å²) in [4.78, 5) is 16.7. The number of rotatable bonds is 5. The zero-order chi connectivity index (χ0) is 17.4. The van der Waals surface area contributed by atoms with E-state index in [9.17, 15) is 4.79 Å². The van der Waals surface area contributed by atoms with Crippen LogP contribution in [-0.2, 0) is 4.74 Å². The Morgan fingerprint density at radius 3 is 2.88 bits per heavy atom. The average molecular weight is 340 g/mol. The van der Waals surface area contributed by atoms with Gasteiger partial charge >= 0.3 is 0 Å². The number of carbonyl (C=O) groups is 1. The molecule has 1 N–H and O–H groups in total. The Kier molecular flexibility index (Phi) is 4.07. The maximum Gasteiger partial charge on any atom is 0.251 e. The monoisotopic (exact) mass is 340 g/mol. The number of aromatic nitrogens is 3. The van der Waals surface area contributed by atoms with Crippen LogP contribution in [0.15, 0.2) is 30.9 Å². The number of ether oxygens (including phenoxy) is 1. The fourth-order valence-electron chi connectivity index (χ4n) is 4.26. The van der Waals surface area contributed by atoms with Gasteiger partial charge in [-0.15, -0.1) is 0 Å². The third-order valence-electron chi connectivity index (χ3n) is 5.88. The van der Waals surface area contributed by atoms with E-state index in [1.165, 1.54) is 12.7 Å². The van der Waals surface area contributed by atoms with Crippen LogP contribution in [0.1, 0.15) is 48.5 Å². The lowest BCUT2D eigenvalue weighted by Crippen LogP contribution is -2.67. The Morgan fingerprint density at radius 2 is 2.28 bits per heavy atom. The highest BCUT2D eigenvalue weighted by Gasteiger charge is 2.59. The normalized spacial score (nSPS) is 23.8. The van der Waals surface area contributed by atoms with E-state index < -0.39 is 0 Å². The molecule has 0 radical (unpaired) electrons. The number of carbonyl (C=O) groups excluding carboxylic acids is 1. The molecule has 0 aliphatic heterocycles. The van der Waals surface area contributed by atoms with Gasteiger partial charge in [-0.1, -0.05) is 6.42 Å². The SMILES string of the molecule is CCO[C@@H]1C[C@H](NC(=O)c2ccc(-n3cncn3)cc2C)C12CCC2. The number of amides is 1. The molecule has 2 saturated carbocycles. The van der Waals surface area contributed by atoms with Crippen LogP contribution in [0.4, 0.5) is 0 Å². The molecular formula is C19H24N4O2. The summed E-state index contributed by atoms with van der Waals surface area (Å²) in [6.07, 6.45) is 7.94. The van der Waals surface area contributed by atoms with Gasteiger partial charge in [-0.25, -0.2) is 9.67 Å². The predicted molar refractivity (Wildman–Crippen MR) is 93.7 cm³/mol. The first-order chi connectivity index (χ1) is 12.1. The number of nitrogens with zero attached hydrogens (tertiary/aromatic N) is 3. The second-order valence-corrected chi connectivity index (χ2v) is 7.13. The van der Waals surface area contributed by atoms with Crippen LogP contribution >= 0.6 is 0 Å². The van der Waals surface area contributed by atoms with Gasteiger partial charge in [-0.05, 0) is 56.9 Å². The molecule has 6 nitrogen and oxygen atoms in total. The Hall–Kier alpha value is -2.21. The predicted octanol–water partition coefficient (Wildman–Crippen LogP) is 2.65. The van der Waals surface area contributed by atoms with Gasteiger partial charge in [0, 0.05) is 23.6 Å². The van der Waals surface area contributed by atoms with E-state index in [2.05, 4.69) is 15.4 Å². The molecule has 0 saturated heterocycles. The molecule has 132 valence electrons. The molecule has 1 aromatic carbocycles. The summed E-state index contributed by atoms with van der Waals surface area (Å²) in [5.74, 6) is 0.00821.